The van der Waals surface area contributed by atoms with Gasteiger partial charge < -0.3 is 14.8 Å². The Kier molecular flexibility index (Phi) is 4.45. The van der Waals surface area contributed by atoms with E-state index < -0.39 is 0 Å². The Hall–Kier alpha value is -0.810. The van der Waals surface area contributed by atoms with Gasteiger partial charge in [0, 0.05) is 42.9 Å². The number of halogens is 1. The summed E-state index contributed by atoms with van der Waals surface area (Å²) in [5, 5.41) is 3.35. The van der Waals surface area contributed by atoms with Crippen molar-refractivity contribution in [2.24, 2.45) is 0 Å². The van der Waals surface area contributed by atoms with Crippen molar-refractivity contribution in [3.63, 3.8) is 0 Å². The number of nitrogens with zero attached hydrogens (tertiary/aromatic N) is 2. The number of carbonyl (C=O) groups is 1. The number of hydrogen-bond acceptors (Lipinski definition) is 2. The molecule has 1 fully saturated rings. The quantitative estimate of drug-likeness (QED) is 0.928. The van der Waals surface area contributed by atoms with Gasteiger partial charge in [0.1, 0.15) is 5.69 Å². The van der Waals surface area contributed by atoms with Crippen LogP contribution >= 0.6 is 15.9 Å². The second kappa shape index (κ2) is 5.89. The zero-order chi connectivity index (χ0) is 13.1. The lowest BCUT2D eigenvalue weighted by molar-refractivity contribution is 0.0698. The molecule has 2 heterocycles. The fraction of sp³-hybridized carbons (Fsp3) is 0.615. The van der Waals surface area contributed by atoms with Crippen molar-refractivity contribution in [3.05, 3.63) is 22.4 Å². The number of amides is 1. The van der Waals surface area contributed by atoms with Gasteiger partial charge in [-0.3, -0.25) is 4.79 Å². The van der Waals surface area contributed by atoms with Crippen LogP contribution in [0.5, 0.6) is 0 Å². The molecule has 0 aromatic carbocycles. The Balaban J connectivity index is 2.17. The van der Waals surface area contributed by atoms with E-state index >= 15 is 0 Å². The number of aryl methyl sites for hydroxylation is 1. The average molecular weight is 314 g/mol. The van der Waals surface area contributed by atoms with E-state index in [0.29, 0.717) is 6.04 Å². The summed E-state index contributed by atoms with van der Waals surface area (Å²) in [6.07, 6.45) is 3.02. The molecule has 0 bridgehead atoms. The molecule has 1 atom stereocenters. The first-order chi connectivity index (χ1) is 8.61. The molecule has 1 saturated heterocycles. The zero-order valence-corrected chi connectivity index (χ0v) is 12.5. The summed E-state index contributed by atoms with van der Waals surface area (Å²) < 4.78 is 3.02. The summed E-state index contributed by atoms with van der Waals surface area (Å²) in [4.78, 5) is 14.5. The SMILES string of the molecule is CCCn1cc(Br)cc1C(=O)N1CCN[C@H](C)C1. The Morgan fingerprint density at radius 2 is 2.39 bits per heavy atom. The van der Waals surface area contributed by atoms with E-state index in [-0.39, 0.29) is 5.91 Å². The van der Waals surface area contributed by atoms with Crippen LogP contribution in [-0.4, -0.2) is 41.1 Å². The van der Waals surface area contributed by atoms with E-state index in [9.17, 15) is 4.79 Å². The normalized spacial score (nSPS) is 20.2. The van der Waals surface area contributed by atoms with Crippen molar-refractivity contribution in [3.8, 4) is 0 Å². The van der Waals surface area contributed by atoms with Crippen molar-refractivity contribution >= 4 is 21.8 Å². The van der Waals surface area contributed by atoms with E-state index in [4.69, 9.17) is 0 Å². The van der Waals surface area contributed by atoms with Gasteiger partial charge in [0.2, 0.25) is 0 Å². The summed E-state index contributed by atoms with van der Waals surface area (Å²) >= 11 is 3.45. The van der Waals surface area contributed by atoms with Crippen molar-refractivity contribution in [2.45, 2.75) is 32.9 Å². The number of rotatable bonds is 3. The van der Waals surface area contributed by atoms with Crippen LogP contribution in [0.4, 0.5) is 0 Å². The first-order valence-electron chi connectivity index (χ1n) is 6.50. The zero-order valence-electron chi connectivity index (χ0n) is 10.9. The van der Waals surface area contributed by atoms with Gasteiger partial charge >= 0.3 is 0 Å². The minimum absolute atomic E-state index is 0.141. The monoisotopic (exact) mass is 313 g/mol. The third-order valence-electron chi connectivity index (χ3n) is 3.20. The molecule has 100 valence electrons. The first kappa shape index (κ1) is 13.6. The summed E-state index contributed by atoms with van der Waals surface area (Å²) in [6, 6.07) is 2.30. The smallest absolute Gasteiger partial charge is 0.270 e. The van der Waals surface area contributed by atoms with Crippen LogP contribution in [0.2, 0.25) is 0 Å². The van der Waals surface area contributed by atoms with Crippen molar-refractivity contribution in [1.82, 2.24) is 14.8 Å². The first-order valence-corrected chi connectivity index (χ1v) is 7.29. The van der Waals surface area contributed by atoms with Gasteiger partial charge in [-0.1, -0.05) is 6.92 Å². The fourth-order valence-electron chi connectivity index (χ4n) is 2.36. The lowest BCUT2D eigenvalue weighted by Crippen LogP contribution is -2.51. The minimum atomic E-state index is 0.141. The summed E-state index contributed by atoms with van der Waals surface area (Å²) in [7, 11) is 0. The molecule has 1 aromatic rings. The molecule has 0 saturated carbocycles. The summed E-state index contributed by atoms with van der Waals surface area (Å²) in [6.45, 7) is 7.57. The molecule has 0 spiro atoms. The predicted molar refractivity (Wildman–Crippen MR) is 75.8 cm³/mol. The van der Waals surface area contributed by atoms with Gasteiger partial charge in [-0.25, -0.2) is 0 Å². The molecule has 4 nitrogen and oxygen atoms in total. The summed E-state index contributed by atoms with van der Waals surface area (Å²) in [5.41, 5.74) is 0.790. The van der Waals surface area contributed by atoms with Crippen molar-refractivity contribution < 1.29 is 4.79 Å². The molecule has 2 rings (SSSR count). The van der Waals surface area contributed by atoms with Crippen LogP contribution < -0.4 is 5.32 Å². The standard InChI is InChI=1S/C13H20BrN3O/c1-3-5-16-9-11(14)7-12(16)13(18)17-6-4-15-10(2)8-17/h7,9-10,15H,3-6,8H2,1-2H3/t10-/m1/s1. The third kappa shape index (κ3) is 2.95. The molecule has 5 heteroatoms. The van der Waals surface area contributed by atoms with Crippen LogP contribution in [0.25, 0.3) is 0 Å². The number of nitrogens with one attached hydrogen (secondary N) is 1. The minimum Gasteiger partial charge on any atom is -0.342 e. The average Bonchev–Trinajstić information content (AvgIpc) is 2.70. The van der Waals surface area contributed by atoms with E-state index in [0.717, 1.165) is 42.8 Å². The predicted octanol–water partition coefficient (Wildman–Crippen LogP) is 2.09. The van der Waals surface area contributed by atoms with Crippen LogP contribution in [0.15, 0.2) is 16.7 Å². The molecular formula is C13H20BrN3O. The highest BCUT2D eigenvalue weighted by atomic mass is 79.9. The fourth-order valence-corrected chi connectivity index (χ4v) is 2.82. The summed E-state index contributed by atoms with van der Waals surface area (Å²) in [5.74, 6) is 0.141. The maximum Gasteiger partial charge on any atom is 0.270 e. The third-order valence-corrected chi connectivity index (χ3v) is 3.64. The van der Waals surface area contributed by atoms with E-state index in [2.05, 4.69) is 35.1 Å². The van der Waals surface area contributed by atoms with Gasteiger partial charge in [-0.15, -0.1) is 0 Å². The van der Waals surface area contributed by atoms with Crippen molar-refractivity contribution in [1.29, 1.82) is 0 Å². The van der Waals surface area contributed by atoms with E-state index in [1.807, 2.05) is 21.7 Å². The molecule has 1 aliphatic heterocycles. The van der Waals surface area contributed by atoms with Gasteiger partial charge in [0.25, 0.3) is 5.91 Å². The molecule has 0 unspecified atom stereocenters. The highest BCUT2D eigenvalue weighted by molar-refractivity contribution is 9.10. The van der Waals surface area contributed by atoms with E-state index in [1.54, 1.807) is 0 Å². The maximum absolute atomic E-state index is 12.5. The van der Waals surface area contributed by atoms with Crippen LogP contribution in [-0.2, 0) is 6.54 Å². The van der Waals surface area contributed by atoms with Crippen molar-refractivity contribution in [2.75, 3.05) is 19.6 Å². The van der Waals surface area contributed by atoms with Gasteiger partial charge in [0.15, 0.2) is 0 Å². The van der Waals surface area contributed by atoms with Crippen LogP contribution in [0.1, 0.15) is 30.8 Å². The largest absolute Gasteiger partial charge is 0.342 e. The number of piperazine rings is 1. The molecule has 0 aliphatic carbocycles. The Morgan fingerprint density at radius 1 is 1.61 bits per heavy atom. The molecule has 1 aliphatic rings. The molecular weight excluding hydrogens is 294 g/mol. The molecule has 0 radical (unpaired) electrons. The van der Waals surface area contributed by atoms with Crippen LogP contribution in [0, 0.1) is 0 Å². The molecule has 1 aromatic heterocycles. The maximum atomic E-state index is 12.5. The topological polar surface area (TPSA) is 37.3 Å². The number of hydrogen-bond donors (Lipinski definition) is 1. The second-order valence-electron chi connectivity index (χ2n) is 4.84. The number of aromatic nitrogens is 1. The highest BCUT2D eigenvalue weighted by Gasteiger charge is 2.24. The second-order valence-corrected chi connectivity index (χ2v) is 5.76. The van der Waals surface area contributed by atoms with Gasteiger partial charge in [-0.05, 0) is 35.3 Å². The Labute approximate surface area is 116 Å². The Bertz CT molecular complexity index is 430. The Morgan fingerprint density at radius 3 is 3.06 bits per heavy atom. The van der Waals surface area contributed by atoms with E-state index in [1.165, 1.54) is 0 Å². The lowest BCUT2D eigenvalue weighted by atomic mass is 10.2. The molecule has 1 amide bonds. The number of carbonyl (C=O) groups excluding carboxylic acids is 1. The van der Waals surface area contributed by atoms with Gasteiger partial charge in [-0.2, -0.15) is 0 Å². The van der Waals surface area contributed by atoms with Crippen LogP contribution in [0.3, 0.4) is 0 Å². The lowest BCUT2D eigenvalue weighted by Gasteiger charge is -2.32. The molecule has 1 N–H and O–H groups in total. The molecule has 18 heavy (non-hydrogen) atoms. The highest BCUT2D eigenvalue weighted by Crippen LogP contribution is 2.18. The van der Waals surface area contributed by atoms with Gasteiger partial charge in [0.05, 0.1) is 0 Å².